The maximum atomic E-state index is 10.4. The molecule has 2 nitrogen and oxygen atoms in total. The lowest BCUT2D eigenvalue weighted by Crippen LogP contribution is -1.87. The number of thiazole rings is 1. The second-order valence-corrected chi connectivity index (χ2v) is 4.47. The van der Waals surface area contributed by atoms with Gasteiger partial charge in [0.1, 0.15) is 5.69 Å². The van der Waals surface area contributed by atoms with Crippen LogP contribution in [0.2, 0.25) is 5.02 Å². The van der Waals surface area contributed by atoms with Gasteiger partial charge >= 0.3 is 0 Å². The maximum Gasteiger partial charge on any atom is 0.169 e. The fourth-order valence-corrected chi connectivity index (χ4v) is 2.14. The summed E-state index contributed by atoms with van der Waals surface area (Å²) in [6, 6.07) is 7.63. The van der Waals surface area contributed by atoms with Gasteiger partial charge in [0.05, 0.1) is 5.01 Å². The number of carbonyl (C=O) groups is 1. The first-order valence-corrected chi connectivity index (χ1v) is 5.68. The van der Waals surface area contributed by atoms with E-state index in [2.05, 4.69) is 4.98 Å². The Bertz CT molecular complexity index is 464. The highest BCUT2D eigenvalue weighted by Gasteiger charge is 2.02. The highest BCUT2D eigenvalue weighted by molar-refractivity contribution is 7.09. The van der Waals surface area contributed by atoms with E-state index in [4.69, 9.17) is 11.6 Å². The number of hydrogen-bond donors (Lipinski definition) is 0. The number of aldehydes is 1. The van der Waals surface area contributed by atoms with Crippen LogP contribution in [-0.2, 0) is 6.42 Å². The van der Waals surface area contributed by atoms with Crippen molar-refractivity contribution in [1.82, 2.24) is 4.98 Å². The smallest absolute Gasteiger partial charge is 0.169 e. The van der Waals surface area contributed by atoms with Crippen LogP contribution < -0.4 is 0 Å². The van der Waals surface area contributed by atoms with Gasteiger partial charge in [-0.3, -0.25) is 4.79 Å². The van der Waals surface area contributed by atoms with E-state index in [1.54, 1.807) is 5.38 Å². The molecule has 2 rings (SSSR count). The highest BCUT2D eigenvalue weighted by Crippen LogP contribution is 2.16. The van der Waals surface area contributed by atoms with Gasteiger partial charge in [-0.25, -0.2) is 4.98 Å². The van der Waals surface area contributed by atoms with Crippen LogP contribution in [0.15, 0.2) is 29.6 Å². The number of carbonyl (C=O) groups excluding carboxylic acids is 1. The molecule has 0 atom stereocenters. The van der Waals surface area contributed by atoms with Crippen LogP contribution in [0.25, 0.3) is 0 Å². The van der Waals surface area contributed by atoms with Gasteiger partial charge in [0.2, 0.25) is 0 Å². The molecule has 0 spiro atoms. The zero-order chi connectivity index (χ0) is 10.7. The third-order valence-electron chi connectivity index (χ3n) is 1.96. The van der Waals surface area contributed by atoms with Gasteiger partial charge in [-0.15, -0.1) is 11.3 Å². The molecule has 1 aromatic carbocycles. The Labute approximate surface area is 96.5 Å². The largest absolute Gasteiger partial charge is 0.296 e. The van der Waals surface area contributed by atoms with Crippen LogP contribution in [0, 0.1) is 0 Å². The van der Waals surface area contributed by atoms with Gasteiger partial charge in [0.15, 0.2) is 6.29 Å². The standard InChI is InChI=1S/C11H8ClNOS/c12-9-3-1-8(2-4-9)5-11-13-10(6-14)7-15-11/h1-4,6-7H,5H2. The second kappa shape index (κ2) is 4.55. The Balaban J connectivity index is 2.14. The Morgan fingerprint density at radius 3 is 2.67 bits per heavy atom. The van der Waals surface area contributed by atoms with Crippen molar-refractivity contribution in [3.8, 4) is 0 Å². The molecule has 76 valence electrons. The summed E-state index contributed by atoms with van der Waals surface area (Å²) in [5.41, 5.74) is 1.65. The van der Waals surface area contributed by atoms with E-state index < -0.39 is 0 Å². The van der Waals surface area contributed by atoms with Crippen molar-refractivity contribution in [2.45, 2.75) is 6.42 Å². The van der Waals surface area contributed by atoms with Crippen LogP contribution >= 0.6 is 22.9 Å². The average Bonchev–Trinajstić information content (AvgIpc) is 2.69. The van der Waals surface area contributed by atoms with Crippen molar-refractivity contribution in [3.63, 3.8) is 0 Å². The average molecular weight is 238 g/mol. The number of rotatable bonds is 3. The molecule has 0 saturated carbocycles. The van der Waals surface area contributed by atoms with E-state index in [9.17, 15) is 4.79 Å². The first-order valence-electron chi connectivity index (χ1n) is 4.42. The third kappa shape index (κ3) is 2.64. The van der Waals surface area contributed by atoms with E-state index in [-0.39, 0.29) is 0 Å². The zero-order valence-corrected chi connectivity index (χ0v) is 9.39. The summed E-state index contributed by atoms with van der Waals surface area (Å²) >= 11 is 7.28. The molecule has 1 aromatic heterocycles. The van der Waals surface area contributed by atoms with Crippen molar-refractivity contribution in [3.05, 3.63) is 50.9 Å². The molecule has 1 heterocycles. The number of halogens is 1. The third-order valence-corrected chi connectivity index (χ3v) is 3.08. The first-order chi connectivity index (χ1) is 7.28. The molecule has 2 aromatic rings. The van der Waals surface area contributed by atoms with Crippen LogP contribution in [-0.4, -0.2) is 11.3 Å². The Hall–Kier alpha value is -1.19. The molecule has 0 aliphatic heterocycles. The van der Waals surface area contributed by atoms with Crippen molar-refractivity contribution < 1.29 is 4.79 Å². The number of hydrogen-bond acceptors (Lipinski definition) is 3. The minimum atomic E-state index is 0.504. The molecule has 0 aliphatic carbocycles. The maximum absolute atomic E-state index is 10.4. The van der Waals surface area contributed by atoms with Crippen LogP contribution in [0.3, 0.4) is 0 Å². The molecule has 0 N–H and O–H groups in total. The van der Waals surface area contributed by atoms with Gasteiger partial charge < -0.3 is 0 Å². The van der Waals surface area contributed by atoms with Crippen LogP contribution in [0.1, 0.15) is 21.1 Å². The summed E-state index contributed by atoms with van der Waals surface area (Å²) in [4.78, 5) is 14.6. The van der Waals surface area contributed by atoms with Crippen molar-refractivity contribution in [2.24, 2.45) is 0 Å². The molecule has 0 amide bonds. The van der Waals surface area contributed by atoms with Gasteiger partial charge in [0, 0.05) is 16.8 Å². The normalized spacial score (nSPS) is 10.2. The molecule has 0 fully saturated rings. The minimum absolute atomic E-state index is 0.504. The summed E-state index contributed by atoms with van der Waals surface area (Å²) in [6.45, 7) is 0. The summed E-state index contributed by atoms with van der Waals surface area (Å²) in [6.07, 6.45) is 1.51. The van der Waals surface area contributed by atoms with E-state index in [1.807, 2.05) is 24.3 Å². The Morgan fingerprint density at radius 2 is 2.07 bits per heavy atom. The summed E-state index contributed by atoms with van der Waals surface area (Å²) in [5, 5.41) is 3.43. The van der Waals surface area contributed by atoms with Gasteiger partial charge in [-0.2, -0.15) is 0 Å². The van der Waals surface area contributed by atoms with Crippen molar-refractivity contribution in [1.29, 1.82) is 0 Å². The summed E-state index contributed by atoms with van der Waals surface area (Å²) < 4.78 is 0. The fourth-order valence-electron chi connectivity index (χ4n) is 1.24. The SMILES string of the molecule is O=Cc1csc(Cc2ccc(Cl)cc2)n1. The topological polar surface area (TPSA) is 30.0 Å². The number of nitrogens with zero attached hydrogens (tertiary/aromatic N) is 1. The first kappa shape index (κ1) is 10.3. The fraction of sp³-hybridized carbons (Fsp3) is 0.0909. The summed E-state index contributed by atoms with van der Waals surface area (Å²) in [5.74, 6) is 0. The van der Waals surface area contributed by atoms with E-state index in [0.717, 1.165) is 28.3 Å². The summed E-state index contributed by atoms with van der Waals surface area (Å²) in [7, 11) is 0. The number of benzene rings is 1. The highest BCUT2D eigenvalue weighted by atomic mass is 35.5. The predicted octanol–water partition coefficient (Wildman–Crippen LogP) is 3.20. The minimum Gasteiger partial charge on any atom is -0.296 e. The molecule has 0 bridgehead atoms. The monoisotopic (exact) mass is 237 g/mol. The molecule has 0 saturated heterocycles. The molecule has 0 unspecified atom stereocenters. The molecule has 15 heavy (non-hydrogen) atoms. The van der Waals surface area contributed by atoms with Gasteiger partial charge in [0.25, 0.3) is 0 Å². The quantitative estimate of drug-likeness (QED) is 0.768. The molecular weight excluding hydrogens is 230 g/mol. The predicted molar refractivity (Wildman–Crippen MR) is 61.8 cm³/mol. The molecular formula is C11H8ClNOS. The van der Waals surface area contributed by atoms with Crippen molar-refractivity contribution in [2.75, 3.05) is 0 Å². The van der Waals surface area contributed by atoms with Gasteiger partial charge in [-0.05, 0) is 17.7 Å². The van der Waals surface area contributed by atoms with Crippen LogP contribution in [0.5, 0.6) is 0 Å². The molecule has 0 aliphatic rings. The lowest BCUT2D eigenvalue weighted by Gasteiger charge is -1.97. The number of aromatic nitrogens is 1. The van der Waals surface area contributed by atoms with E-state index in [0.29, 0.717) is 5.69 Å². The van der Waals surface area contributed by atoms with E-state index >= 15 is 0 Å². The van der Waals surface area contributed by atoms with Crippen molar-refractivity contribution >= 4 is 29.2 Å². The zero-order valence-electron chi connectivity index (χ0n) is 7.81. The Kier molecular flexibility index (Phi) is 3.14. The van der Waals surface area contributed by atoms with Crippen LogP contribution in [0.4, 0.5) is 0 Å². The Morgan fingerprint density at radius 1 is 1.33 bits per heavy atom. The van der Waals surface area contributed by atoms with E-state index in [1.165, 1.54) is 11.3 Å². The molecule has 0 radical (unpaired) electrons. The lowest BCUT2D eigenvalue weighted by atomic mass is 10.2. The molecule has 4 heteroatoms. The lowest BCUT2D eigenvalue weighted by molar-refractivity contribution is 0.111. The van der Waals surface area contributed by atoms with Gasteiger partial charge in [-0.1, -0.05) is 23.7 Å². The second-order valence-electron chi connectivity index (χ2n) is 3.09.